The van der Waals surface area contributed by atoms with Gasteiger partial charge in [0.1, 0.15) is 5.76 Å². The third-order valence-corrected chi connectivity index (χ3v) is 6.86. The van der Waals surface area contributed by atoms with Crippen molar-refractivity contribution >= 4 is 11.9 Å². The minimum Gasteiger partial charge on any atom is -0.453 e. The molecular weight excluding hydrogens is 344 g/mol. The highest BCUT2D eigenvalue weighted by molar-refractivity contribution is 5.84. The quantitative estimate of drug-likeness (QED) is 0.773. The Morgan fingerprint density at radius 3 is 2.30 bits per heavy atom. The summed E-state index contributed by atoms with van der Waals surface area (Å²) in [6, 6.07) is 0. The van der Waals surface area contributed by atoms with Crippen LogP contribution in [0.4, 0.5) is 0 Å². The van der Waals surface area contributed by atoms with Gasteiger partial charge in [-0.05, 0) is 83.5 Å². The Morgan fingerprint density at radius 2 is 1.78 bits per heavy atom. The lowest BCUT2D eigenvalue weighted by atomic mass is 9.53. The second-order valence-corrected chi connectivity index (χ2v) is 9.12. The number of hydrogen-bond acceptors (Lipinski definition) is 5. The molecule has 0 unspecified atom stereocenters. The molecule has 0 saturated heterocycles. The second-order valence-electron chi connectivity index (χ2n) is 9.12. The van der Waals surface area contributed by atoms with Crippen LogP contribution in [0, 0.1) is 31.6 Å². The summed E-state index contributed by atoms with van der Waals surface area (Å²) in [7, 11) is 0. The van der Waals surface area contributed by atoms with Gasteiger partial charge in [-0.3, -0.25) is 9.59 Å². The SMILES string of the molecule is Cc1noc(C)c1CCC(=O)O[C@@H](C)C(=O)NC12CC3CC(CC(C3)C1)C2. The molecule has 5 rings (SSSR count). The zero-order chi connectivity index (χ0) is 19.2. The molecule has 1 amide bonds. The highest BCUT2D eigenvalue weighted by Gasteiger charge is 2.51. The monoisotopic (exact) mass is 374 g/mol. The number of amides is 1. The van der Waals surface area contributed by atoms with Gasteiger partial charge >= 0.3 is 5.97 Å². The fourth-order valence-electron chi connectivity index (χ4n) is 6.02. The molecule has 4 fully saturated rings. The molecule has 6 nitrogen and oxygen atoms in total. The highest BCUT2D eigenvalue weighted by atomic mass is 16.5. The van der Waals surface area contributed by atoms with Crippen molar-refractivity contribution in [2.45, 2.75) is 83.8 Å². The van der Waals surface area contributed by atoms with Crippen molar-refractivity contribution in [2.75, 3.05) is 0 Å². The molecule has 6 heteroatoms. The van der Waals surface area contributed by atoms with Crippen LogP contribution >= 0.6 is 0 Å². The van der Waals surface area contributed by atoms with Gasteiger partial charge in [-0.25, -0.2) is 0 Å². The Morgan fingerprint density at radius 1 is 1.19 bits per heavy atom. The average molecular weight is 374 g/mol. The molecule has 1 N–H and O–H groups in total. The van der Waals surface area contributed by atoms with Crippen molar-refractivity contribution < 1.29 is 18.8 Å². The van der Waals surface area contributed by atoms with Crippen LogP contribution in [0.1, 0.15) is 68.9 Å². The predicted molar refractivity (Wildman–Crippen MR) is 98.9 cm³/mol. The van der Waals surface area contributed by atoms with Gasteiger partial charge in [0, 0.05) is 17.5 Å². The maximum atomic E-state index is 12.7. The van der Waals surface area contributed by atoms with Crippen molar-refractivity contribution in [3.8, 4) is 0 Å². The number of hydrogen-bond donors (Lipinski definition) is 1. The minimum absolute atomic E-state index is 0.0524. The fourth-order valence-corrected chi connectivity index (χ4v) is 6.02. The number of carbonyl (C=O) groups excluding carboxylic acids is 2. The molecule has 0 spiro atoms. The highest BCUT2D eigenvalue weighted by Crippen LogP contribution is 2.55. The van der Waals surface area contributed by atoms with Crippen LogP contribution in [0.2, 0.25) is 0 Å². The van der Waals surface area contributed by atoms with E-state index in [1.54, 1.807) is 6.92 Å². The van der Waals surface area contributed by atoms with E-state index in [9.17, 15) is 9.59 Å². The van der Waals surface area contributed by atoms with Gasteiger partial charge in [0.2, 0.25) is 0 Å². The Balaban J connectivity index is 1.28. The first-order valence-corrected chi connectivity index (χ1v) is 10.3. The average Bonchev–Trinajstić information content (AvgIpc) is 2.89. The van der Waals surface area contributed by atoms with Crippen molar-refractivity contribution in [1.82, 2.24) is 10.5 Å². The van der Waals surface area contributed by atoms with E-state index in [0.717, 1.165) is 54.0 Å². The van der Waals surface area contributed by atoms with Crippen molar-refractivity contribution in [3.05, 3.63) is 17.0 Å². The second kappa shape index (κ2) is 6.95. The molecule has 27 heavy (non-hydrogen) atoms. The third-order valence-electron chi connectivity index (χ3n) is 6.86. The number of aromatic nitrogens is 1. The van der Waals surface area contributed by atoms with Crippen LogP contribution in [0.25, 0.3) is 0 Å². The topological polar surface area (TPSA) is 81.4 Å². The normalized spacial score (nSPS) is 32.3. The summed E-state index contributed by atoms with van der Waals surface area (Å²) in [5, 5.41) is 7.17. The van der Waals surface area contributed by atoms with Gasteiger partial charge in [-0.15, -0.1) is 0 Å². The maximum Gasteiger partial charge on any atom is 0.306 e. The van der Waals surface area contributed by atoms with Crippen LogP contribution in [-0.4, -0.2) is 28.7 Å². The number of esters is 1. The lowest BCUT2D eigenvalue weighted by Gasteiger charge is -2.57. The molecule has 4 aliphatic carbocycles. The van der Waals surface area contributed by atoms with Gasteiger partial charge in [0.25, 0.3) is 5.91 Å². The van der Waals surface area contributed by atoms with Gasteiger partial charge < -0.3 is 14.6 Å². The van der Waals surface area contributed by atoms with Crippen LogP contribution < -0.4 is 5.32 Å². The minimum atomic E-state index is -0.754. The third kappa shape index (κ3) is 3.76. The number of ether oxygens (including phenoxy) is 1. The number of carbonyl (C=O) groups is 2. The summed E-state index contributed by atoms with van der Waals surface area (Å²) < 4.78 is 10.5. The Kier molecular flexibility index (Phi) is 4.77. The van der Waals surface area contributed by atoms with E-state index in [2.05, 4.69) is 10.5 Å². The Labute approximate surface area is 160 Å². The Hall–Kier alpha value is -1.85. The van der Waals surface area contributed by atoms with E-state index in [4.69, 9.17) is 9.26 Å². The zero-order valence-corrected chi connectivity index (χ0v) is 16.5. The number of rotatable bonds is 6. The summed E-state index contributed by atoms with van der Waals surface area (Å²) in [5.74, 6) is 2.53. The van der Waals surface area contributed by atoms with Crippen molar-refractivity contribution in [3.63, 3.8) is 0 Å². The predicted octanol–water partition coefficient (Wildman–Crippen LogP) is 3.24. The molecule has 1 heterocycles. The van der Waals surface area contributed by atoms with Crippen molar-refractivity contribution in [1.29, 1.82) is 0 Å². The van der Waals surface area contributed by atoms with E-state index in [-0.39, 0.29) is 23.8 Å². The van der Waals surface area contributed by atoms with Crippen LogP contribution in [-0.2, 0) is 20.7 Å². The molecule has 0 aliphatic heterocycles. The van der Waals surface area contributed by atoms with E-state index in [1.165, 1.54) is 19.3 Å². The summed E-state index contributed by atoms with van der Waals surface area (Å²) in [4.78, 5) is 24.9. The molecule has 4 aliphatic rings. The molecule has 0 aromatic carbocycles. The van der Waals surface area contributed by atoms with E-state index in [1.807, 2.05) is 13.8 Å². The van der Waals surface area contributed by atoms with Crippen molar-refractivity contribution in [2.24, 2.45) is 17.8 Å². The first-order valence-electron chi connectivity index (χ1n) is 10.3. The standard InChI is InChI=1S/C21H30N2O4/c1-12-18(13(2)27-23-12)4-5-19(24)26-14(3)20(25)22-21-9-15-6-16(10-21)8-17(7-15)11-21/h14-17H,4-11H2,1-3H3,(H,22,25)/t14-,15?,16?,17?,21?/m0/s1. The van der Waals surface area contributed by atoms with Crippen LogP contribution in [0.3, 0.4) is 0 Å². The van der Waals surface area contributed by atoms with Gasteiger partial charge in [-0.2, -0.15) is 0 Å². The van der Waals surface area contributed by atoms with Crippen LogP contribution in [0.15, 0.2) is 4.52 Å². The molecule has 1 aromatic rings. The summed E-state index contributed by atoms with van der Waals surface area (Å²) in [5.41, 5.74) is 1.69. The van der Waals surface area contributed by atoms with Gasteiger partial charge in [0.05, 0.1) is 5.69 Å². The van der Waals surface area contributed by atoms with Crippen LogP contribution in [0.5, 0.6) is 0 Å². The Bertz CT molecular complexity index is 684. The van der Waals surface area contributed by atoms with E-state index in [0.29, 0.717) is 6.42 Å². The van der Waals surface area contributed by atoms with Gasteiger partial charge in [-0.1, -0.05) is 5.16 Å². The fraction of sp³-hybridized carbons (Fsp3) is 0.762. The molecule has 0 radical (unpaired) electrons. The molecule has 4 saturated carbocycles. The summed E-state index contributed by atoms with van der Waals surface area (Å²) in [6.07, 6.45) is 7.27. The smallest absolute Gasteiger partial charge is 0.306 e. The lowest BCUT2D eigenvalue weighted by molar-refractivity contribution is -0.156. The maximum absolute atomic E-state index is 12.7. The number of aryl methyl sites for hydroxylation is 2. The van der Waals surface area contributed by atoms with Gasteiger partial charge in [0.15, 0.2) is 6.10 Å². The van der Waals surface area contributed by atoms with E-state index < -0.39 is 6.10 Å². The summed E-state index contributed by atoms with van der Waals surface area (Å²) in [6.45, 7) is 5.37. The molecule has 1 atom stereocenters. The number of nitrogens with one attached hydrogen (secondary N) is 1. The molecular formula is C21H30N2O4. The molecule has 148 valence electrons. The molecule has 4 bridgehead atoms. The lowest BCUT2D eigenvalue weighted by Crippen LogP contribution is -2.61. The first-order chi connectivity index (χ1) is 12.8. The summed E-state index contributed by atoms with van der Waals surface area (Å²) >= 11 is 0. The first kappa shape index (κ1) is 18.5. The molecule has 1 aromatic heterocycles. The van der Waals surface area contributed by atoms with E-state index >= 15 is 0 Å². The number of nitrogens with zero attached hydrogens (tertiary/aromatic N) is 1. The largest absolute Gasteiger partial charge is 0.453 e. The zero-order valence-electron chi connectivity index (χ0n) is 16.5.